The quantitative estimate of drug-likeness (QED) is 0.616. The molecule has 0 spiro atoms. The Kier molecular flexibility index (Phi) is 1.81. The first-order chi connectivity index (χ1) is 6.31. The number of aryl methyl sites for hydroxylation is 1. The van der Waals surface area contributed by atoms with Gasteiger partial charge in [-0.3, -0.25) is 4.79 Å². The van der Waals surface area contributed by atoms with E-state index in [1.807, 2.05) is 37.3 Å². The van der Waals surface area contributed by atoms with E-state index in [9.17, 15) is 4.79 Å². The van der Waals surface area contributed by atoms with Gasteiger partial charge in [0.05, 0.1) is 0 Å². The average molecular weight is 171 g/mol. The predicted molar refractivity (Wildman–Crippen MR) is 51.9 cm³/mol. The van der Waals surface area contributed by atoms with Crippen LogP contribution in [0.15, 0.2) is 30.3 Å². The molecule has 0 saturated carbocycles. The van der Waals surface area contributed by atoms with Crippen molar-refractivity contribution >= 4 is 17.1 Å². The van der Waals surface area contributed by atoms with Crippen molar-refractivity contribution in [1.29, 1.82) is 0 Å². The van der Waals surface area contributed by atoms with Gasteiger partial charge in [-0.2, -0.15) is 0 Å². The first-order valence-electron chi connectivity index (χ1n) is 4.13. The summed E-state index contributed by atoms with van der Waals surface area (Å²) in [6.07, 6.45) is 0.801. The van der Waals surface area contributed by atoms with Gasteiger partial charge in [-0.1, -0.05) is 24.3 Å². The monoisotopic (exact) mass is 171 g/mol. The van der Waals surface area contributed by atoms with Crippen LogP contribution in [0.4, 0.5) is 0 Å². The summed E-state index contributed by atoms with van der Waals surface area (Å²) in [5.41, 5.74) is 1.40. The lowest BCUT2D eigenvalue weighted by molar-refractivity contribution is 0.112. The van der Waals surface area contributed by atoms with Crippen molar-refractivity contribution in [1.82, 2.24) is 4.98 Å². The second-order valence-electron chi connectivity index (χ2n) is 2.99. The number of hydrogen-bond acceptors (Lipinski definition) is 2. The number of hydrogen-bond donors (Lipinski definition) is 0. The normalized spacial score (nSPS) is 10.2. The fourth-order valence-electron chi connectivity index (χ4n) is 1.45. The van der Waals surface area contributed by atoms with E-state index in [2.05, 4.69) is 4.98 Å². The lowest BCUT2D eigenvalue weighted by atomic mass is 10.1. The van der Waals surface area contributed by atoms with Crippen molar-refractivity contribution in [3.05, 3.63) is 41.7 Å². The highest BCUT2D eigenvalue weighted by atomic mass is 16.1. The van der Waals surface area contributed by atoms with Crippen molar-refractivity contribution < 1.29 is 4.79 Å². The summed E-state index contributed by atoms with van der Waals surface area (Å²) in [5, 5.41) is 1.99. The average Bonchev–Trinajstić information content (AvgIpc) is 2.16. The molecule has 64 valence electrons. The van der Waals surface area contributed by atoms with E-state index in [1.165, 1.54) is 0 Å². The van der Waals surface area contributed by atoms with Crippen LogP contribution in [-0.2, 0) is 0 Å². The maximum absolute atomic E-state index is 10.7. The summed E-state index contributed by atoms with van der Waals surface area (Å²) in [5.74, 6) is 0. The zero-order chi connectivity index (χ0) is 9.26. The molecule has 0 fully saturated rings. The van der Waals surface area contributed by atoms with Crippen LogP contribution in [0.3, 0.4) is 0 Å². The van der Waals surface area contributed by atoms with Gasteiger partial charge in [0, 0.05) is 11.1 Å². The summed E-state index contributed by atoms with van der Waals surface area (Å²) in [7, 11) is 0. The van der Waals surface area contributed by atoms with E-state index in [0.29, 0.717) is 5.69 Å². The van der Waals surface area contributed by atoms with Crippen LogP contribution < -0.4 is 0 Å². The lowest BCUT2D eigenvalue weighted by Gasteiger charge is -2.00. The number of aromatic nitrogens is 1. The Hall–Kier alpha value is -1.70. The van der Waals surface area contributed by atoms with Crippen molar-refractivity contribution in [3.63, 3.8) is 0 Å². The van der Waals surface area contributed by atoms with E-state index in [-0.39, 0.29) is 0 Å². The van der Waals surface area contributed by atoms with Gasteiger partial charge in [0.15, 0.2) is 6.29 Å². The van der Waals surface area contributed by atoms with Crippen molar-refractivity contribution in [2.75, 3.05) is 0 Å². The number of carbonyl (C=O) groups is 1. The van der Waals surface area contributed by atoms with Gasteiger partial charge in [0.2, 0.25) is 0 Å². The molecule has 1 aromatic heterocycles. The van der Waals surface area contributed by atoms with Gasteiger partial charge in [0.1, 0.15) is 5.69 Å². The van der Waals surface area contributed by atoms with Crippen molar-refractivity contribution in [2.24, 2.45) is 0 Å². The Morgan fingerprint density at radius 3 is 2.85 bits per heavy atom. The zero-order valence-corrected chi connectivity index (χ0v) is 7.32. The van der Waals surface area contributed by atoms with Crippen LogP contribution in [0, 0.1) is 6.92 Å². The summed E-state index contributed by atoms with van der Waals surface area (Å²) < 4.78 is 0. The molecule has 0 aliphatic heterocycles. The minimum absolute atomic E-state index is 0.524. The van der Waals surface area contributed by atoms with Crippen molar-refractivity contribution in [2.45, 2.75) is 6.92 Å². The molecule has 0 aliphatic carbocycles. The summed E-state index contributed by atoms with van der Waals surface area (Å²) >= 11 is 0. The van der Waals surface area contributed by atoms with Crippen LogP contribution in [0.1, 0.15) is 16.2 Å². The van der Waals surface area contributed by atoms with Gasteiger partial charge >= 0.3 is 0 Å². The second kappa shape index (κ2) is 2.98. The second-order valence-corrected chi connectivity index (χ2v) is 2.99. The van der Waals surface area contributed by atoms with Crippen LogP contribution in [0.25, 0.3) is 10.8 Å². The molecule has 2 heteroatoms. The lowest BCUT2D eigenvalue weighted by Crippen LogP contribution is -1.91. The van der Waals surface area contributed by atoms with E-state index in [1.54, 1.807) is 0 Å². The minimum Gasteiger partial charge on any atom is -0.296 e. The standard InChI is InChI=1S/C11H9NO/c1-8-6-9-4-2-3-5-10(9)11(7-13)12-8/h2-7H,1H3. The fourth-order valence-corrected chi connectivity index (χ4v) is 1.45. The third kappa shape index (κ3) is 1.31. The first kappa shape index (κ1) is 7.92. The number of rotatable bonds is 1. The topological polar surface area (TPSA) is 30.0 Å². The molecule has 0 bridgehead atoms. The van der Waals surface area contributed by atoms with Crippen LogP contribution >= 0.6 is 0 Å². The maximum atomic E-state index is 10.7. The summed E-state index contributed by atoms with van der Waals surface area (Å²) in [6.45, 7) is 1.89. The van der Waals surface area contributed by atoms with Gasteiger partial charge in [0.25, 0.3) is 0 Å². The third-order valence-electron chi connectivity index (χ3n) is 2.01. The predicted octanol–water partition coefficient (Wildman–Crippen LogP) is 2.36. The van der Waals surface area contributed by atoms with Gasteiger partial charge in [-0.05, 0) is 18.4 Å². The van der Waals surface area contributed by atoms with Crippen LogP contribution in [0.5, 0.6) is 0 Å². The Morgan fingerprint density at radius 2 is 2.08 bits per heavy atom. The molecule has 0 N–H and O–H groups in total. The van der Waals surface area contributed by atoms with E-state index in [0.717, 1.165) is 22.8 Å². The smallest absolute Gasteiger partial charge is 0.169 e. The Bertz CT molecular complexity index is 463. The third-order valence-corrected chi connectivity index (χ3v) is 2.01. The van der Waals surface area contributed by atoms with Crippen LogP contribution in [0.2, 0.25) is 0 Å². The molecule has 2 nitrogen and oxygen atoms in total. The van der Waals surface area contributed by atoms with Gasteiger partial charge < -0.3 is 0 Å². The molecule has 0 saturated heterocycles. The molecule has 0 unspecified atom stereocenters. The zero-order valence-electron chi connectivity index (χ0n) is 7.32. The molecular weight excluding hydrogens is 162 g/mol. The highest BCUT2D eigenvalue weighted by molar-refractivity contribution is 5.96. The summed E-state index contributed by atoms with van der Waals surface area (Å²) in [6, 6.07) is 9.73. The molecule has 1 aromatic carbocycles. The Balaban J connectivity index is 2.89. The maximum Gasteiger partial charge on any atom is 0.169 e. The number of fused-ring (bicyclic) bond motifs is 1. The molecule has 0 aliphatic rings. The number of nitrogens with zero attached hydrogens (tertiary/aromatic N) is 1. The highest BCUT2D eigenvalue weighted by Gasteiger charge is 2.01. The number of carbonyl (C=O) groups excluding carboxylic acids is 1. The molecule has 0 atom stereocenters. The number of pyridine rings is 1. The fraction of sp³-hybridized carbons (Fsp3) is 0.0909. The Labute approximate surface area is 76.2 Å². The van der Waals surface area contributed by atoms with Gasteiger partial charge in [-0.25, -0.2) is 4.98 Å². The largest absolute Gasteiger partial charge is 0.296 e. The van der Waals surface area contributed by atoms with E-state index >= 15 is 0 Å². The molecule has 2 rings (SSSR count). The highest BCUT2D eigenvalue weighted by Crippen LogP contribution is 2.16. The molecule has 1 heterocycles. The number of benzene rings is 1. The van der Waals surface area contributed by atoms with E-state index < -0.39 is 0 Å². The van der Waals surface area contributed by atoms with Gasteiger partial charge in [-0.15, -0.1) is 0 Å². The van der Waals surface area contributed by atoms with Crippen molar-refractivity contribution in [3.8, 4) is 0 Å². The van der Waals surface area contributed by atoms with Crippen LogP contribution in [-0.4, -0.2) is 11.3 Å². The molecule has 2 aromatic rings. The van der Waals surface area contributed by atoms with E-state index in [4.69, 9.17) is 0 Å². The summed E-state index contributed by atoms with van der Waals surface area (Å²) in [4.78, 5) is 14.9. The Morgan fingerprint density at radius 1 is 1.31 bits per heavy atom. The number of aldehydes is 1. The molecular formula is C11H9NO. The molecule has 13 heavy (non-hydrogen) atoms. The molecule has 0 radical (unpaired) electrons. The first-order valence-corrected chi connectivity index (χ1v) is 4.13. The molecule has 0 amide bonds. The SMILES string of the molecule is Cc1cc2ccccc2c(C=O)n1. The minimum atomic E-state index is 0.524.